The van der Waals surface area contributed by atoms with Crippen LogP contribution in [0.2, 0.25) is 0 Å². The van der Waals surface area contributed by atoms with E-state index in [2.05, 4.69) is 263 Å². The summed E-state index contributed by atoms with van der Waals surface area (Å²) < 4.78 is 12.4. The van der Waals surface area contributed by atoms with E-state index in [1.807, 2.05) is 12.1 Å². The maximum Gasteiger partial charge on any atom is 0.495 e. The fraction of sp³-hybridized carbons (Fsp3) is 0.0968. The smallest absolute Gasteiger partial charge is 0.399 e. The van der Waals surface area contributed by atoms with Crippen LogP contribution < -0.4 is 10.4 Å². The van der Waals surface area contributed by atoms with Gasteiger partial charge in [0.25, 0.3) is 0 Å². The van der Waals surface area contributed by atoms with Crippen molar-refractivity contribution in [1.29, 1.82) is 0 Å². The molecule has 10 aromatic rings. The molecule has 66 heavy (non-hydrogen) atoms. The minimum absolute atomic E-state index is 0.318. The van der Waals surface area contributed by atoms with E-state index < -0.39 is 0 Å². The van der Waals surface area contributed by atoms with Crippen molar-refractivity contribution in [3.8, 4) is 44.5 Å². The van der Waals surface area contributed by atoms with Crippen LogP contribution in [0.1, 0.15) is 27.7 Å². The molecule has 0 N–H and O–H groups in total. The summed E-state index contributed by atoms with van der Waals surface area (Å²) in [5.74, 6) is 0. The van der Waals surface area contributed by atoms with Crippen molar-refractivity contribution in [1.82, 2.24) is 0 Å². The van der Waals surface area contributed by atoms with E-state index in [-0.39, 0.29) is 18.3 Å². The number of rotatable bonds is 8. The molecular weight excluding hydrogens is 801 g/mol. The number of nitrogens with zero attached hydrogens (tertiary/aromatic N) is 1. The van der Waals surface area contributed by atoms with Gasteiger partial charge in [-0.1, -0.05) is 182 Å². The summed E-state index contributed by atoms with van der Waals surface area (Å²) in [7, 11) is -0.327. The number of anilines is 3. The predicted octanol–water partition coefficient (Wildman–Crippen LogP) is 16.1. The fourth-order valence-electron chi connectivity index (χ4n) is 8.91. The third-order valence-corrected chi connectivity index (χ3v) is 13.2. The van der Waals surface area contributed by atoms with Gasteiger partial charge in [0, 0.05) is 17.1 Å². The highest BCUT2D eigenvalue weighted by molar-refractivity contribution is 6.63. The Labute approximate surface area is 389 Å². The van der Waals surface area contributed by atoms with Crippen LogP contribution in [0, 0.1) is 0 Å². The quantitative estimate of drug-likeness (QED) is 0.112. The number of hydrogen-bond donors (Lipinski definition) is 0. The Morgan fingerprint density at radius 2 is 0.682 bits per heavy atom. The molecule has 1 saturated heterocycles. The molecule has 1 heterocycles. The molecule has 0 amide bonds. The molecular formula is C62H52BNO2. The Bertz CT molecular complexity index is 3190. The van der Waals surface area contributed by atoms with Crippen LogP contribution in [0.5, 0.6) is 0 Å². The number of para-hydroxylation sites is 2. The van der Waals surface area contributed by atoms with Gasteiger partial charge >= 0.3 is 7.12 Å². The van der Waals surface area contributed by atoms with Crippen LogP contribution >= 0.6 is 0 Å². The minimum Gasteiger partial charge on any atom is -0.399 e. The zero-order chi connectivity index (χ0) is 45.1. The average Bonchev–Trinajstić information content (AvgIpc) is 3.59. The highest BCUT2D eigenvalue weighted by Gasteiger charge is 2.52. The summed E-state index contributed by atoms with van der Waals surface area (Å²) in [4.78, 5) is 2.29. The second-order valence-corrected chi connectivity index (χ2v) is 18.0. The van der Waals surface area contributed by atoms with Gasteiger partial charge < -0.3 is 14.2 Å². The molecule has 1 aliphatic rings. The standard InChI is InChI=1S/C44H31N.C18H21BO2/c1-4-12-33(13-5-1)43-18-10-11-19-44(43)37-23-22-36-29-38-28-34(20-21-35(38)30-39(36)31-37)32-24-26-42(27-25-32)45(40-14-6-2-7-15-40)41-16-8-3-9-17-41;1-17(2)18(3,4)21-19(20-17)16-13-9-8-12-15(16)14-10-6-5-7-11-14/h1-31H;5-13H,1-4H3. The highest BCUT2D eigenvalue weighted by atomic mass is 16.7. The van der Waals surface area contributed by atoms with E-state index in [0.717, 1.165) is 28.1 Å². The zero-order valence-corrected chi connectivity index (χ0v) is 37.9. The van der Waals surface area contributed by atoms with Gasteiger partial charge in [-0.05, 0) is 160 Å². The van der Waals surface area contributed by atoms with Gasteiger partial charge in [0.05, 0.1) is 11.2 Å². The minimum atomic E-state index is -0.327. The molecule has 0 atom stereocenters. The molecule has 4 heteroatoms. The molecule has 1 aliphatic heterocycles. The molecule has 1 fully saturated rings. The van der Waals surface area contributed by atoms with Gasteiger partial charge in [-0.3, -0.25) is 0 Å². The van der Waals surface area contributed by atoms with Crippen molar-refractivity contribution < 1.29 is 9.31 Å². The number of benzene rings is 10. The summed E-state index contributed by atoms with van der Waals surface area (Å²) in [5, 5.41) is 4.99. The van der Waals surface area contributed by atoms with Gasteiger partial charge in [-0.2, -0.15) is 0 Å². The van der Waals surface area contributed by atoms with Crippen LogP contribution in [-0.2, 0) is 9.31 Å². The third-order valence-electron chi connectivity index (χ3n) is 13.2. The fourth-order valence-corrected chi connectivity index (χ4v) is 8.91. The Morgan fingerprint density at radius 1 is 0.303 bits per heavy atom. The largest absolute Gasteiger partial charge is 0.495 e. The molecule has 0 saturated carbocycles. The predicted molar refractivity (Wildman–Crippen MR) is 280 cm³/mol. The molecule has 0 aliphatic carbocycles. The summed E-state index contributed by atoms with van der Waals surface area (Å²) in [6, 6.07) is 86.2. The zero-order valence-electron chi connectivity index (χ0n) is 37.9. The lowest BCUT2D eigenvalue weighted by Gasteiger charge is -2.32. The normalized spacial score (nSPS) is 13.8. The van der Waals surface area contributed by atoms with E-state index in [0.29, 0.717) is 0 Å². The second kappa shape index (κ2) is 18.2. The maximum atomic E-state index is 6.19. The lowest BCUT2D eigenvalue weighted by Crippen LogP contribution is -2.41. The van der Waals surface area contributed by atoms with Crippen LogP contribution in [-0.4, -0.2) is 18.3 Å². The Morgan fingerprint density at radius 3 is 1.21 bits per heavy atom. The molecule has 3 nitrogen and oxygen atoms in total. The average molecular weight is 854 g/mol. The van der Waals surface area contributed by atoms with Crippen molar-refractivity contribution >= 4 is 51.2 Å². The van der Waals surface area contributed by atoms with E-state index >= 15 is 0 Å². The molecule has 320 valence electrons. The van der Waals surface area contributed by atoms with Gasteiger partial charge in [-0.15, -0.1) is 0 Å². The summed E-state index contributed by atoms with van der Waals surface area (Å²) >= 11 is 0. The van der Waals surface area contributed by atoms with Crippen LogP contribution in [0.3, 0.4) is 0 Å². The monoisotopic (exact) mass is 853 g/mol. The van der Waals surface area contributed by atoms with Gasteiger partial charge in [0.15, 0.2) is 0 Å². The number of fused-ring (bicyclic) bond motifs is 2. The van der Waals surface area contributed by atoms with Gasteiger partial charge in [-0.25, -0.2) is 0 Å². The summed E-state index contributed by atoms with van der Waals surface area (Å²) in [6.45, 7) is 8.33. The molecule has 11 rings (SSSR count). The molecule has 0 radical (unpaired) electrons. The first-order valence-electron chi connectivity index (χ1n) is 22.8. The lowest BCUT2D eigenvalue weighted by atomic mass is 9.74. The molecule has 0 aromatic heterocycles. The van der Waals surface area contributed by atoms with Gasteiger partial charge in [0.1, 0.15) is 0 Å². The molecule has 0 bridgehead atoms. The first-order chi connectivity index (χ1) is 32.2. The molecule has 0 spiro atoms. The lowest BCUT2D eigenvalue weighted by molar-refractivity contribution is 0.00578. The topological polar surface area (TPSA) is 21.7 Å². The van der Waals surface area contributed by atoms with Crippen molar-refractivity contribution in [2.45, 2.75) is 38.9 Å². The Kier molecular flexibility index (Phi) is 11.7. The summed E-state index contributed by atoms with van der Waals surface area (Å²) in [5.41, 5.74) is 13.6. The number of hydrogen-bond acceptors (Lipinski definition) is 3. The van der Waals surface area contributed by atoms with Crippen molar-refractivity contribution in [2.75, 3.05) is 4.90 Å². The van der Waals surface area contributed by atoms with Gasteiger partial charge in [0.2, 0.25) is 0 Å². The highest BCUT2D eigenvalue weighted by Crippen LogP contribution is 2.39. The van der Waals surface area contributed by atoms with Crippen LogP contribution in [0.15, 0.2) is 243 Å². The molecule has 0 unspecified atom stereocenters. The van der Waals surface area contributed by atoms with E-state index in [4.69, 9.17) is 9.31 Å². The summed E-state index contributed by atoms with van der Waals surface area (Å²) in [6.07, 6.45) is 0. The van der Waals surface area contributed by atoms with E-state index in [1.54, 1.807) is 0 Å². The SMILES string of the molecule is CC1(C)OB(c2ccccc2-c2ccccc2)OC1(C)C.c1ccc(-c2ccccc2-c2ccc3cc4cc(-c5ccc(N(c6ccccc6)c6ccccc6)cc5)ccc4cc3c2)cc1. The Hall–Kier alpha value is -7.50. The van der Waals surface area contributed by atoms with Crippen LogP contribution in [0.25, 0.3) is 66.1 Å². The van der Waals surface area contributed by atoms with E-state index in [1.165, 1.54) is 60.5 Å². The van der Waals surface area contributed by atoms with Crippen molar-refractivity contribution in [2.24, 2.45) is 0 Å². The van der Waals surface area contributed by atoms with Crippen LogP contribution in [0.4, 0.5) is 17.1 Å². The second-order valence-electron chi connectivity index (χ2n) is 18.0. The van der Waals surface area contributed by atoms with Crippen molar-refractivity contribution in [3.63, 3.8) is 0 Å². The first-order valence-corrected chi connectivity index (χ1v) is 22.8. The maximum absolute atomic E-state index is 6.19. The van der Waals surface area contributed by atoms with Crippen molar-refractivity contribution in [3.05, 3.63) is 243 Å². The first kappa shape index (κ1) is 42.5. The molecule has 10 aromatic carbocycles. The Balaban J connectivity index is 0.000000204. The van der Waals surface area contributed by atoms with E-state index in [9.17, 15) is 0 Å². The third kappa shape index (κ3) is 8.69.